The Bertz CT molecular complexity index is 980. The van der Waals surface area contributed by atoms with Gasteiger partial charge < -0.3 is 0 Å². The van der Waals surface area contributed by atoms with Crippen LogP contribution in [0.3, 0.4) is 0 Å². The third-order valence-corrected chi connectivity index (χ3v) is 8.57. The molecule has 1 rings (SSSR count). The van der Waals surface area contributed by atoms with Gasteiger partial charge in [-0.1, -0.05) is 20.8 Å². The fraction of sp³-hybridized carbons (Fsp3) is 0.583. The third-order valence-electron chi connectivity index (χ3n) is 3.29. The van der Waals surface area contributed by atoms with Crippen LogP contribution in [0.15, 0.2) is 20.9 Å². The monoisotopic (exact) mass is 423 g/mol. The van der Waals surface area contributed by atoms with Gasteiger partial charge in [0.15, 0.2) is 40.2 Å². The minimum absolute atomic E-state index is 0.246. The van der Waals surface area contributed by atoms with Gasteiger partial charge in [0.05, 0.1) is 22.2 Å². The van der Waals surface area contributed by atoms with Crippen molar-refractivity contribution in [3.63, 3.8) is 0 Å². The van der Waals surface area contributed by atoms with E-state index in [2.05, 4.69) is 4.98 Å². The van der Waals surface area contributed by atoms with Crippen molar-refractivity contribution in [2.45, 2.75) is 41.8 Å². The van der Waals surface area contributed by atoms with Crippen molar-refractivity contribution in [2.75, 3.05) is 17.3 Å². The number of alkyl halides is 3. The lowest BCUT2D eigenvalue weighted by atomic mass is 10.3. The third kappa shape index (κ3) is 4.31. The first-order chi connectivity index (χ1) is 11.1. The van der Waals surface area contributed by atoms with E-state index in [9.17, 15) is 38.4 Å². The van der Waals surface area contributed by atoms with Gasteiger partial charge in [-0.25, -0.2) is 30.2 Å². The molecule has 144 valence electrons. The van der Waals surface area contributed by atoms with Crippen LogP contribution in [0.1, 0.15) is 26.5 Å². The van der Waals surface area contributed by atoms with Gasteiger partial charge in [-0.2, -0.15) is 13.2 Å². The zero-order valence-electron chi connectivity index (χ0n) is 13.5. The molecule has 0 aliphatic heterocycles. The van der Waals surface area contributed by atoms with Crippen LogP contribution in [-0.2, 0) is 35.7 Å². The zero-order valence-corrected chi connectivity index (χ0v) is 15.9. The van der Waals surface area contributed by atoms with E-state index in [0.29, 0.717) is 0 Å². The molecule has 25 heavy (non-hydrogen) atoms. The Kier molecular flexibility index (Phi) is 5.97. The van der Waals surface area contributed by atoms with Crippen molar-refractivity contribution in [2.24, 2.45) is 0 Å². The van der Waals surface area contributed by atoms with Crippen molar-refractivity contribution in [3.8, 4) is 0 Å². The summed E-state index contributed by atoms with van der Waals surface area (Å²) in [6, 6.07) is 0.246. The Labute approximate surface area is 144 Å². The highest BCUT2D eigenvalue weighted by atomic mass is 32.2. The molecule has 0 saturated heterocycles. The van der Waals surface area contributed by atoms with Crippen LogP contribution < -0.4 is 0 Å². The van der Waals surface area contributed by atoms with E-state index >= 15 is 0 Å². The predicted octanol–water partition coefficient (Wildman–Crippen LogP) is 1.48. The number of hydrogen-bond donors (Lipinski definition) is 0. The van der Waals surface area contributed by atoms with Crippen LogP contribution in [0.4, 0.5) is 13.2 Å². The number of halogens is 3. The van der Waals surface area contributed by atoms with Crippen molar-refractivity contribution in [1.82, 2.24) is 4.98 Å². The molecule has 7 nitrogen and oxygen atoms in total. The number of hydrogen-bond acceptors (Lipinski definition) is 7. The lowest BCUT2D eigenvalue weighted by molar-refractivity contribution is -0.144. The van der Waals surface area contributed by atoms with Crippen LogP contribution in [0, 0.1) is 0 Å². The number of rotatable bonds is 6. The van der Waals surface area contributed by atoms with E-state index in [1.807, 2.05) is 0 Å². The second-order valence-electron chi connectivity index (χ2n) is 4.85. The minimum atomic E-state index is -5.29. The van der Waals surface area contributed by atoms with Crippen molar-refractivity contribution < 1.29 is 38.4 Å². The number of sulfone groups is 3. The van der Waals surface area contributed by atoms with Crippen LogP contribution in [-0.4, -0.2) is 47.5 Å². The number of aromatic nitrogens is 1. The normalized spacial score (nSPS) is 13.8. The lowest BCUT2D eigenvalue weighted by Gasteiger charge is -2.16. The number of pyridine rings is 1. The van der Waals surface area contributed by atoms with Crippen LogP contribution >= 0.6 is 0 Å². The van der Waals surface area contributed by atoms with Crippen molar-refractivity contribution >= 4 is 29.5 Å². The highest BCUT2D eigenvalue weighted by Crippen LogP contribution is 2.36. The van der Waals surface area contributed by atoms with Gasteiger partial charge in [0.25, 0.3) is 0 Å². The molecular formula is C12H16F3NO6S3. The minimum Gasteiger partial charge on any atom is -0.229 e. The van der Waals surface area contributed by atoms with Gasteiger partial charge in [-0.3, -0.25) is 0 Å². The Morgan fingerprint density at radius 1 is 0.800 bits per heavy atom. The first-order valence-electron chi connectivity index (χ1n) is 6.94. The first-order valence-corrected chi connectivity index (χ1v) is 11.9. The Hall–Kier alpha value is -1.21. The molecule has 0 aliphatic carbocycles. The summed E-state index contributed by atoms with van der Waals surface area (Å²) in [6.45, 7) is 3.31. The Morgan fingerprint density at radius 2 is 1.20 bits per heavy atom. The second-order valence-corrected chi connectivity index (χ2v) is 11.5. The molecular weight excluding hydrogens is 407 g/mol. The molecule has 0 spiro atoms. The fourth-order valence-electron chi connectivity index (χ4n) is 1.79. The molecule has 13 heteroatoms. The molecule has 1 aromatic heterocycles. The summed E-state index contributed by atoms with van der Waals surface area (Å²) in [7, 11) is -13.3. The van der Waals surface area contributed by atoms with E-state index in [1.165, 1.54) is 0 Å². The Balaban J connectivity index is 4.20. The quantitative estimate of drug-likeness (QED) is 0.680. The van der Waals surface area contributed by atoms with Gasteiger partial charge in [0.1, 0.15) is 4.90 Å². The van der Waals surface area contributed by atoms with E-state index in [-0.39, 0.29) is 6.07 Å². The summed E-state index contributed by atoms with van der Waals surface area (Å²) in [6.07, 6.45) is -5.29. The maximum Gasteiger partial charge on any atom is 0.434 e. The topological polar surface area (TPSA) is 115 Å². The van der Waals surface area contributed by atoms with Crippen LogP contribution in [0.2, 0.25) is 0 Å². The van der Waals surface area contributed by atoms with Crippen molar-refractivity contribution in [3.05, 3.63) is 11.8 Å². The molecule has 0 radical (unpaired) electrons. The molecule has 0 aliphatic rings. The molecule has 0 atom stereocenters. The highest BCUT2D eigenvalue weighted by Gasteiger charge is 2.42. The number of nitrogens with zero attached hydrogens (tertiary/aromatic N) is 1. The molecule has 0 amide bonds. The molecule has 0 unspecified atom stereocenters. The summed E-state index contributed by atoms with van der Waals surface area (Å²) in [4.78, 5) is 0.542. The summed E-state index contributed by atoms with van der Waals surface area (Å²) >= 11 is 0. The lowest BCUT2D eigenvalue weighted by Crippen LogP contribution is -2.23. The van der Waals surface area contributed by atoms with Gasteiger partial charge in [-0.05, 0) is 6.07 Å². The Morgan fingerprint density at radius 3 is 1.56 bits per heavy atom. The average Bonchev–Trinajstić information content (AvgIpc) is 2.52. The van der Waals surface area contributed by atoms with E-state index in [1.54, 1.807) is 0 Å². The van der Waals surface area contributed by atoms with E-state index in [4.69, 9.17) is 0 Å². The summed E-state index contributed by atoms with van der Waals surface area (Å²) in [5, 5.41) is -1.29. The predicted molar refractivity (Wildman–Crippen MR) is 82.4 cm³/mol. The molecule has 0 saturated carbocycles. The van der Waals surface area contributed by atoms with Gasteiger partial charge >= 0.3 is 6.18 Å². The first kappa shape index (κ1) is 21.8. The maximum absolute atomic E-state index is 13.2. The summed E-state index contributed by atoms with van der Waals surface area (Å²) in [5.74, 6) is -2.09. The molecule has 1 aromatic rings. The van der Waals surface area contributed by atoms with E-state index in [0.717, 1.165) is 20.8 Å². The standard InChI is InChI=1S/C12H16F3NO6S3/c1-4-23(17,18)8-7-9(24(19,20)5-2)11(25(21,22)6-3)16-10(8)12(13,14)15/h7H,4-6H2,1-3H3. The van der Waals surface area contributed by atoms with Crippen molar-refractivity contribution in [1.29, 1.82) is 0 Å². The van der Waals surface area contributed by atoms with E-state index < -0.39 is 73.5 Å². The summed E-state index contributed by atoms with van der Waals surface area (Å²) in [5.41, 5.74) is -1.95. The fourth-order valence-corrected chi connectivity index (χ4v) is 5.48. The summed E-state index contributed by atoms with van der Waals surface area (Å²) < 4.78 is 112. The molecule has 0 aromatic carbocycles. The SMILES string of the molecule is CCS(=O)(=O)c1cc(S(=O)(=O)CC)c(S(=O)(=O)CC)nc1C(F)(F)F. The maximum atomic E-state index is 13.2. The second kappa shape index (κ2) is 6.83. The zero-order chi connectivity index (χ0) is 19.8. The van der Waals surface area contributed by atoms with Crippen LogP contribution in [0.5, 0.6) is 0 Å². The van der Waals surface area contributed by atoms with Gasteiger partial charge in [0.2, 0.25) is 0 Å². The largest absolute Gasteiger partial charge is 0.434 e. The molecule has 0 bridgehead atoms. The van der Waals surface area contributed by atoms with Crippen LogP contribution in [0.25, 0.3) is 0 Å². The average molecular weight is 423 g/mol. The van der Waals surface area contributed by atoms with Gasteiger partial charge in [-0.15, -0.1) is 0 Å². The smallest absolute Gasteiger partial charge is 0.229 e. The molecule has 1 heterocycles. The highest BCUT2D eigenvalue weighted by molar-refractivity contribution is 7.94. The molecule has 0 fully saturated rings. The van der Waals surface area contributed by atoms with Gasteiger partial charge in [0, 0.05) is 0 Å². The molecule has 0 N–H and O–H groups in total.